The van der Waals surface area contributed by atoms with E-state index < -0.39 is 72.2 Å². The number of carbonyl (C=O) groups is 5. The minimum Gasteiger partial charge on any atom is -0.480 e. The molecule has 0 aliphatic heterocycles. The number of hydrogen-bond acceptors (Lipinski definition) is 11. The van der Waals surface area contributed by atoms with Gasteiger partial charge in [-0.3, -0.25) is 19.4 Å². The van der Waals surface area contributed by atoms with Gasteiger partial charge in [-0.15, -0.1) is 0 Å². The third-order valence-electron chi connectivity index (χ3n) is 7.53. The van der Waals surface area contributed by atoms with Gasteiger partial charge in [0.2, 0.25) is 11.8 Å². The summed E-state index contributed by atoms with van der Waals surface area (Å²) >= 11 is 0. The maximum Gasteiger partial charge on any atom is 0.408 e. The van der Waals surface area contributed by atoms with Gasteiger partial charge in [0.1, 0.15) is 35.9 Å². The fourth-order valence-electron chi connectivity index (χ4n) is 4.98. The van der Waals surface area contributed by atoms with Crippen LogP contribution in [0.15, 0.2) is 62.7 Å². The predicted octanol–water partition coefficient (Wildman–Crippen LogP) is 1.01. The average molecular weight is 724 g/mol. The van der Waals surface area contributed by atoms with Crippen LogP contribution in [0.5, 0.6) is 0 Å². The van der Waals surface area contributed by atoms with Crippen LogP contribution in [-0.4, -0.2) is 77.8 Å². The standard InChI is InChI=1S/C35H45N7O10/c1-19-22-13-12-21(36)16-27(22)51-32(48)23(19)17-28(43)50-18-26(30(45)40-24(31(46)47)11-8-14-39-33(37)38)41-29(44)25(15-20-9-6-5-7-10-20)42-34(49)52-35(2,3)4/h5-7,9-10,12-13,16,24-26H,8,11,14-15,17-18,36H2,1-4H3,(H,40,45)(H,41,44)(H,42,49)(H,46,47)(H4,37,38,39)/t24-,25-,26-/m0/s1. The quantitative estimate of drug-likeness (QED) is 0.0272. The fourth-order valence-corrected chi connectivity index (χ4v) is 4.98. The molecule has 3 rings (SSSR count). The normalized spacial score (nSPS) is 12.8. The Labute approximate surface area is 299 Å². The number of nitrogens with zero attached hydrogens (tertiary/aromatic N) is 1. The summed E-state index contributed by atoms with van der Waals surface area (Å²) in [5.41, 5.74) is 16.5. The molecule has 3 aromatic rings. The lowest BCUT2D eigenvalue weighted by molar-refractivity contribution is -0.147. The highest BCUT2D eigenvalue weighted by atomic mass is 16.6. The van der Waals surface area contributed by atoms with E-state index in [1.807, 2.05) is 0 Å². The summed E-state index contributed by atoms with van der Waals surface area (Å²) in [6.45, 7) is 5.87. The van der Waals surface area contributed by atoms with Crippen molar-refractivity contribution >= 4 is 52.5 Å². The number of ether oxygens (including phenoxy) is 2. The number of nitrogens with two attached hydrogens (primary N) is 3. The minimum atomic E-state index is -1.65. The number of anilines is 1. The number of carbonyl (C=O) groups excluding carboxylic acids is 4. The summed E-state index contributed by atoms with van der Waals surface area (Å²) in [5, 5.41) is 17.6. The number of benzene rings is 2. The van der Waals surface area contributed by atoms with Gasteiger partial charge in [-0.2, -0.15) is 0 Å². The molecule has 17 heteroatoms. The molecule has 1 aromatic heterocycles. The molecule has 0 radical (unpaired) electrons. The van der Waals surface area contributed by atoms with Crippen LogP contribution in [0.1, 0.15) is 50.3 Å². The number of carboxylic acids is 1. The molecule has 0 saturated carbocycles. The van der Waals surface area contributed by atoms with Crippen LogP contribution >= 0.6 is 0 Å². The van der Waals surface area contributed by atoms with Crippen LogP contribution < -0.4 is 38.8 Å². The van der Waals surface area contributed by atoms with Gasteiger partial charge in [0.25, 0.3) is 0 Å². The third kappa shape index (κ3) is 12.6. The van der Waals surface area contributed by atoms with Crippen molar-refractivity contribution in [2.75, 3.05) is 18.9 Å². The minimum absolute atomic E-state index is 0.00325. The largest absolute Gasteiger partial charge is 0.480 e. The van der Waals surface area contributed by atoms with Crippen molar-refractivity contribution in [3.63, 3.8) is 0 Å². The van der Waals surface area contributed by atoms with Crippen LogP contribution in [0.4, 0.5) is 10.5 Å². The van der Waals surface area contributed by atoms with Gasteiger partial charge in [-0.05, 0) is 63.8 Å². The number of nitrogens with one attached hydrogen (secondary N) is 3. The number of hydrogen-bond donors (Lipinski definition) is 7. The van der Waals surface area contributed by atoms with Crippen molar-refractivity contribution in [1.29, 1.82) is 0 Å². The highest BCUT2D eigenvalue weighted by Crippen LogP contribution is 2.22. The number of guanidine groups is 1. The molecule has 0 aliphatic carbocycles. The molecule has 280 valence electrons. The average Bonchev–Trinajstić information content (AvgIpc) is 3.05. The molecule has 3 atom stereocenters. The van der Waals surface area contributed by atoms with E-state index in [0.717, 1.165) is 0 Å². The fraction of sp³-hybridized carbons (Fsp3) is 0.400. The van der Waals surface area contributed by atoms with Crippen molar-refractivity contribution in [2.24, 2.45) is 16.5 Å². The van der Waals surface area contributed by atoms with Crippen molar-refractivity contribution in [3.05, 3.63) is 75.6 Å². The van der Waals surface area contributed by atoms with E-state index in [-0.39, 0.29) is 42.9 Å². The highest BCUT2D eigenvalue weighted by molar-refractivity contribution is 5.93. The maximum atomic E-state index is 13.7. The first-order chi connectivity index (χ1) is 24.4. The molecule has 0 aliphatic rings. The van der Waals surface area contributed by atoms with E-state index >= 15 is 0 Å². The van der Waals surface area contributed by atoms with Crippen LogP contribution in [0.3, 0.4) is 0 Å². The van der Waals surface area contributed by atoms with Crippen LogP contribution in [0.25, 0.3) is 11.0 Å². The molecule has 0 fully saturated rings. The van der Waals surface area contributed by atoms with Crippen molar-refractivity contribution in [2.45, 2.75) is 77.1 Å². The number of rotatable bonds is 16. The second kappa shape index (κ2) is 18.2. The molecule has 0 saturated heterocycles. The molecule has 1 heterocycles. The zero-order valence-corrected chi connectivity index (χ0v) is 29.4. The smallest absolute Gasteiger partial charge is 0.408 e. The number of amides is 3. The van der Waals surface area contributed by atoms with Gasteiger partial charge in [-0.1, -0.05) is 30.3 Å². The number of esters is 1. The van der Waals surface area contributed by atoms with Gasteiger partial charge < -0.3 is 52.1 Å². The third-order valence-corrected chi connectivity index (χ3v) is 7.53. The van der Waals surface area contributed by atoms with E-state index in [1.54, 1.807) is 70.2 Å². The molecule has 0 unspecified atom stereocenters. The molecule has 52 heavy (non-hydrogen) atoms. The van der Waals surface area contributed by atoms with Crippen LogP contribution in [0, 0.1) is 6.92 Å². The second-order valence-corrected chi connectivity index (χ2v) is 12.9. The Balaban J connectivity index is 1.86. The molecule has 3 amide bonds. The topological polar surface area (TPSA) is 281 Å². The molecule has 0 bridgehead atoms. The zero-order valence-electron chi connectivity index (χ0n) is 29.4. The summed E-state index contributed by atoms with van der Waals surface area (Å²) < 4.78 is 16.0. The summed E-state index contributed by atoms with van der Waals surface area (Å²) in [6, 6.07) is 9.06. The molecular weight excluding hydrogens is 678 g/mol. The number of nitrogen functional groups attached to an aromatic ring is 1. The van der Waals surface area contributed by atoms with Crippen LogP contribution in [0.2, 0.25) is 0 Å². The Morgan fingerprint density at radius 3 is 2.23 bits per heavy atom. The van der Waals surface area contributed by atoms with Gasteiger partial charge in [0.15, 0.2) is 5.96 Å². The van der Waals surface area contributed by atoms with Gasteiger partial charge in [0, 0.05) is 30.1 Å². The van der Waals surface area contributed by atoms with E-state index in [9.17, 15) is 33.9 Å². The second-order valence-electron chi connectivity index (χ2n) is 12.9. The van der Waals surface area contributed by atoms with E-state index in [1.165, 1.54) is 6.07 Å². The number of carboxylic acid groups (broad SMARTS) is 1. The first kappa shape index (κ1) is 40.3. The lowest BCUT2D eigenvalue weighted by Gasteiger charge is -2.26. The van der Waals surface area contributed by atoms with E-state index in [4.69, 9.17) is 31.1 Å². The van der Waals surface area contributed by atoms with Crippen molar-refractivity contribution in [3.8, 4) is 0 Å². The maximum absolute atomic E-state index is 13.7. The SMILES string of the molecule is Cc1c(CC(=O)OC[C@H](NC(=O)[C@H](Cc2ccccc2)NC(=O)OC(C)(C)C)C(=O)N[C@@H](CCCN=C(N)N)C(=O)O)c(=O)oc2cc(N)ccc12. The molecule has 10 N–H and O–H groups in total. The van der Waals surface area contributed by atoms with Crippen molar-refractivity contribution < 1.29 is 43.0 Å². The number of alkyl carbamates (subject to hydrolysis) is 1. The molecule has 2 aromatic carbocycles. The van der Waals surface area contributed by atoms with Crippen LogP contribution in [-0.2, 0) is 41.5 Å². The monoisotopic (exact) mass is 723 g/mol. The number of aliphatic imine (C=N–C) groups is 1. The zero-order chi connectivity index (χ0) is 38.6. The van der Waals surface area contributed by atoms with Gasteiger partial charge in [0.05, 0.1) is 12.0 Å². The summed E-state index contributed by atoms with van der Waals surface area (Å²) in [4.78, 5) is 81.6. The summed E-state index contributed by atoms with van der Waals surface area (Å²) in [7, 11) is 0. The van der Waals surface area contributed by atoms with Gasteiger partial charge in [-0.25, -0.2) is 14.4 Å². The Morgan fingerprint density at radius 2 is 1.60 bits per heavy atom. The first-order valence-corrected chi connectivity index (χ1v) is 16.3. The first-order valence-electron chi connectivity index (χ1n) is 16.3. The van der Waals surface area contributed by atoms with Gasteiger partial charge >= 0.3 is 23.7 Å². The predicted molar refractivity (Wildman–Crippen MR) is 191 cm³/mol. The van der Waals surface area contributed by atoms with E-state index in [0.29, 0.717) is 22.2 Å². The molecular formula is C35H45N7O10. The number of fused-ring (bicyclic) bond motifs is 1. The van der Waals surface area contributed by atoms with E-state index in [2.05, 4.69) is 20.9 Å². The van der Waals surface area contributed by atoms with Crippen molar-refractivity contribution in [1.82, 2.24) is 16.0 Å². The Kier molecular flexibility index (Phi) is 14.1. The Bertz CT molecular complexity index is 1850. The summed E-state index contributed by atoms with van der Waals surface area (Å²) in [5.74, 6) is -4.39. The highest BCUT2D eigenvalue weighted by Gasteiger charge is 2.32. The molecule has 17 nitrogen and oxygen atoms in total. The Morgan fingerprint density at radius 1 is 0.942 bits per heavy atom. The summed E-state index contributed by atoms with van der Waals surface area (Å²) in [6.07, 6.45) is -1.38. The lowest BCUT2D eigenvalue weighted by Crippen LogP contribution is -2.58. The number of aliphatic carboxylic acids is 1. The molecule has 0 spiro atoms. The lowest BCUT2D eigenvalue weighted by atomic mass is 10.0. The number of aryl methyl sites for hydroxylation is 1. The Hall–Kier alpha value is -6.13.